The lowest BCUT2D eigenvalue weighted by Crippen LogP contribution is -2.08. The average Bonchev–Trinajstić information content (AvgIpc) is 2.24. The Morgan fingerprint density at radius 1 is 1.62 bits per heavy atom. The molecule has 1 aromatic heterocycles. The van der Waals surface area contributed by atoms with E-state index in [2.05, 4.69) is 14.7 Å². The molecule has 0 N–H and O–H groups in total. The van der Waals surface area contributed by atoms with Crippen molar-refractivity contribution in [2.24, 2.45) is 0 Å². The van der Waals surface area contributed by atoms with Crippen LogP contribution in [0.15, 0.2) is 6.33 Å². The maximum atomic E-state index is 10.7. The smallest absolute Gasteiger partial charge is 0.329 e. The van der Waals surface area contributed by atoms with E-state index in [1.165, 1.54) is 0 Å². The largest absolute Gasteiger partial charge is 0.466 e. The summed E-state index contributed by atoms with van der Waals surface area (Å²) in [7, 11) is 0. The van der Waals surface area contributed by atoms with Gasteiger partial charge in [-0.05, 0) is 0 Å². The first-order valence-corrected chi connectivity index (χ1v) is 4.73. The third kappa shape index (κ3) is 2.77. The van der Waals surface area contributed by atoms with E-state index in [1.54, 1.807) is 0 Å². The van der Waals surface area contributed by atoms with Crippen LogP contribution in [0, 0.1) is 10.1 Å². The number of halogens is 2. The lowest BCUT2D eigenvalue weighted by molar-refractivity contribution is -0.386. The van der Waals surface area contributed by atoms with Crippen LogP contribution < -0.4 is 0 Å². The summed E-state index contributed by atoms with van der Waals surface area (Å²) in [5.74, 6) is 0. The summed E-state index contributed by atoms with van der Waals surface area (Å²) in [5, 5.41) is 9.43. The van der Waals surface area contributed by atoms with Gasteiger partial charge in [-0.2, -0.15) is 0 Å². The molecule has 0 aliphatic rings. The molecule has 0 aliphatic carbocycles. The molecule has 1 rings (SSSR count). The second-order valence-electron chi connectivity index (χ2n) is 2.55. The van der Waals surface area contributed by atoms with Crippen molar-refractivity contribution in [2.75, 3.05) is 6.61 Å². The van der Waals surface area contributed by atoms with Crippen molar-refractivity contribution < 1.29 is 14.5 Å². The number of carbonyl (C=O) groups is 1. The highest BCUT2D eigenvalue weighted by Gasteiger charge is 2.26. The number of alkyl halides is 1. The molecule has 0 radical (unpaired) electrons. The normalized spacial score (nSPS) is 11.9. The fraction of sp³-hybridized carbons (Fsp3) is 0.286. The number of nitro groups is 1. The Kier molecular flexibility index (Phi) is 4.39. The first kappa shape index (κ1) is 12.6. The molecule has 7 nitrogen and oxygen atoms in total. The molecule has 16 heavy (non-hydrogen) atoms. The maximum absolute atomic E-state index is 10.7. The van der Waals surface area contributed by atoms with Crippen molar-refractivity contribution in [3.8, 4) is 0 Å². The van der Waals surface area contributed by atoms with Gasteiger partial charge in [0.05, 0.1) is 4.92 Å². The fourth-order valence-corrected chi connectivity index (χ4v) is 1.41. The maximum Gasteiger partial charge on any atom is 0.329 e. The summed E-state index contributed by atoms with van der Waals surface area (Å²) in [6, 6.07) is 0. The van der Waals surface area contributed by atoms with Gasteiger partial charge in [0.2, 0.25) is 5.15 Å². The summed E-state index contributed by atoms with van der Waals surface area (Å²) in [5.41, 5.74) is -0.577. The van der Waals surface area contributed by atoms with Crippen LogP contribution in [0.1, 0.15) is 11.1 Å². The summed E-state index contributed by atoms with van der Waals surface area (Å²) in [6.45, 7) is -0.0523. The lowest BCUT2D eigenvalue weighted by atomic mass is 10.2. The van der Waals surface area contributed by atoms with Crippen molar-refractivity contribution in [3.63, 3.8) is 0 Å². The number of aromatic nitrogens is 2. The molecule has 9 heteroatoms. The topological polar surface area (TPSA) is 95.2 Å². The molecule has 0 saturated carbocycles. The predicted molar refractivity (Wildman–Crippen MR) is 54.3 cm³/mol. The molecule has 0 amide bonds. The van der Waals surface area contributed by atoms with Gasteiger partial charge in [0.1, 0.15) is 24.0 Å². The van der Waals surface area contributed by atoms with Gasteiger partial charge in [-0.1, -0.05) is 11.6 Å². The van der Waals surface area contributed by atoms with Gasteiger partial charge in [0, 0.05) is 0 Å². The Balaban J connectivity index is 3.07. The minimum Gasteiger partial charge on any atom is -0.466 e. The van der Waals surface area contributed by atoms with E-state index in [4.69, 9.17) is 23.2 Å². The Labute approximate surface area is 99.5 Å². The minimum absolute atomic E-state index is 0.0893. The summed E-state index contributed by atoms with van der Waals surface area (Å²) >= 11 is 11.3. The van der Waals surface area contributed by atoms with E-state index in [-0.39, 0.29) is 23.9 Å². The zero-order valence-electron chi connectivity index (χ0n) is 7.67. The highest BCUT2D eigenvalue weighted by atomic mass is 35.5. The van der Waals surface area contributed by atoms with Gasteiger partial charge in [0.15, 0.2) is 0 Å². The first-order valence-electron chi connectivity index (χ1n) is 3.92. The Morgan fingerprint density at radius 2 is 2.31 bits per heavy atom. The SMILES string of the molecule is O=COCC(Cl)c1ncnc(Cl)c1[N+](=O)[O-]. The van der Waals surface area contributed by atoms with Crippen LogP contribution in [0.3, 0.4) is 0 Å². The van der Waals surface area contributed by atoms with Crippen LogP contribution in [-0.2, 0) is 9.53 Å². The van der Waals surface area contributed by atoms with Crippen LogP contribution in [0.5, 0.6) is 0 Å². The molecule has 1 unspecified atom stereocenters. The van der Waals surface area contributed by atoms with Crippen molar-refractivity contribution in [3.05, 3.63) is 27.3 Å². The van der Waals surface area contributed by atoms with Gasteiger partial charge in [-0.3, -0.25) is 14.9 Å². The van der Waals surface area contributed by atoms with E-state index >= 15 is 0 Å². The second kappa shape index (κ2) is 5.57. The third-order valence-electron chi connectivity index (χ3n) is 1.60. The van der Waals surface area contributed by atoms with E-state index in [1.807, 2.05) is 0 Å². The molecule has 1 aromatic rings. The summed E-state index contributed by atoms with van der Waals surface area (Å²) < 4.78 is 4.39. The molecular weight excluding hydrogens is 261 g/mol. The van der Waals surface area contributed by atoms with Crippen LogP contribution in [0.2, 0.25) is 5.15 Å². The van der Waals surface area contributed by atoms with Crippen LogP contribution in [-0.4, -0.2) is 28.0 Å². The molecule has 0 spiro atoms. The van der Waals surface area contributed by atoms with Crippen molar-refractivity contribution in [1.29, 1.82) is 0 Å². The van der Waals surface area contributed by atoms with Crippen LogP contribution in [0.4, 0.5) is 5.69 Å². The molecule has 0 aromatic carbocycles. The molecule has 0 fully saturated rings. The Morgan fingerprint density at radius 3 is 2.88 bits per heavy atom. The number of hydrogen-bond donors (Lipinski definition) is 0. The average molecular weight is 266 g/mol. The number of hydrogen-bond acceptors (Lipinski definition) is 6. The van der Waals surface area contributed by atoms with E-state index in [0.29, 0.717) is 0 Å². The standard InChI is InChI=1S/C7H5Cl2N3O4/c8-4(1-16-3-13)5-6(12(14)15)7(9)11-2-10-5/h2-4H,1H2. The molecule has 0 saturated heterocycles. The van der Waals surface area contributed by atoms with Crippen molar-refractivity contribution in [1.82, 2.24) is 9.97 Å². The summed E-state index contributed by atoms with van der Waals surface area (Å²) in [6.07, 6.45) is 1.04. The molecule has 0 aliphatic heterocycles. The predicted octanol–water partition coefficient (Wildman–Crippen LogP) is 1.49. The zero-order valence-corrected chi connectivity index (χ0v) is 9.18. The van der Waals surface area contributed by atoms with E-state index in [0.717, 1.165) is 6.33 Å². The molecule has 0 bridgehead atoms. The number of ether oxygens (including phenoxy) is 1. The second-order valence-corrected chi connectivity index (χ2v) is 3.44. The first-order chi connectivity index (χ1) is 7.57. The number of carbonyl (C=O) groups excluding carboxylic acids is 1. The number of rotatable bonds is 5. The monoisotopic (exact) mass is 265 g/mol. The quantitative estimate of drug-likeness (QED) is 0.263. The molecule has 86 valence electrons. The van der Waals surface area contributed by atoms with Crippen LogP contribution >= 0.6 is 23.2 Å². The molecular formula is C7H5Cl2N3O4. The van der Waals surface area contributed by atoms with Gasteiger partial charge < -0.3 is 4.74 Å². The van der Waals surface area contributed by atoms with Crippen molar-refractivity contribution >= 4 is 35.4 Å². The fourth-order valence-electron chi connectivity index (χ4n) is 0.971. The minimum atomic E-state index is -0.953. The third-order valence-corrected chi connectivity index (χ3v) is 2.21. The van der Waals surface area contributed by atoms with Gasteiger partial charge in [-0.15, -0.1) is 11.6 Å². The van der Waals surface area contributed by atoms with Gasteiger partial charge >= 0.3 is 5.69 Å². The summed E-state index contributed by atoms with van der Waals surface area (Å²) in [4.78, 5) is 27.0. The highest BCUT2D eigenvalue weighted by molar-refractivity contribution is 6.31. The number of nitrogens with zero attached hydrogens (tertiary/aromatic N) is 3. The molecule has 1 heterocycles. The van der Waals surface area contributed by atoms with Gasteiger partial charge in [-0.25, -0.2) is 9.97 Å². The lowest BCUT2D eigenvalue weighted by Gasteiger charge is -2.07. The van der Waals surface area contributed by atoms with E-state index < -0.39 is 16.0 Å². The van der Waals surface area contributed by atoms with Crippen LogP contribution in [0.25, 0.3) is 0 Å². The van der Waals surface area contributed by atoms with Gasteiger partial charge in [0.25, 0.3) is 6.47 Å². The molecule has 1 atom stereocenters. The Hall–Kier alpha value is -1.47. The van der Waals surface area contributed by atoms with E-state index in [9.17, 15) is 14.9 Å². The Bertz CT molecular complexity index is 415. The zero-order chi connectivity index (χ0) is 12.1. The van der Waals surface area contributed by atoms with Crippen molar-refractivity contribution in [2.45, 2.75) is 5.38 Å². The highest BCUT2D eigenvalue weighted by Crippen LogP contribution is 2.31.